The number of phenolic OH excluding ortho intramolecular Hbond substituents is 2. The molecule has 24 heavy (non-hydrogen) atoms. The van der Waals surface area contributed by atoms with Gasteiger partial charge in [0, 0.05) is 20.2 Å². The third kappa shape index (κ3) is 1.37. The maximum absolute atomic E-state index is 10.6. The van der Waals surface area contributed by atoms with Gasteiger partial charge in [0.25, 0.3) is 0 Å². The Labute approximate surface area is 144 Å². The summed E-state index contributed by atoms with van der Waals surface area (Å²) in [6.45, 7) is 0. The number of benzene rings is 5. The summed E-state index contributed by atoms with van der Waals surface area (Å²) in [7, 11) is 0. The molecule has 2 aromatic heterocycles. The SMILES string of the molecule is Oc1c(O)c2c3cc4ccsc4cc3c1c1cc3ccsc3cc12. The number of fused-ring (bicyclic) bond motifs is 3. The van der Waals surface area contributed by atoms with Gasteiger partial charge in [-0.1, -0.05) is 0 Å². The highest BCUT2D eigenvalue weighted by molar-refractivity contribution is 7.17. The van der Waals surface area contributed by atoms with Gasteiger partial charge < -0.3 is 10.2 Å². The second kappa shape index (κ2) is 4.09. The highest BCUT2D eigenvalue weighted by atomic mass is 32.1. The van der Waals surface area contributed by atoms with E-state index in [4.69, 9.17) is 0 Å². The molecule has 0 atom stereocenters. The lowest BCUT2D eigenvalue weighted by atomic mass is 9.89. The molecule has 0 aliphatic carbocycles. The summed E-state index contributed by atoms with van der Waals surface area (Å²) in [4.78, 5) is 0. The van der Waals surface area contributed by atoms with Gasteiger partial charge in [0.2, 0.25) is 0 Å². The van der Waals surface area contributed by atoms with E-state index >= 15 is 0 Å². The largest absolute Gasteiger partial charge is 0.504 e. The topological polar surface area (TPSA) is 40.5 Å². The summed E-state index contributed by atoms with van der Waals surface area (Å²) in [5, 5.41) is 33.2. The molecule has 4 heteroatoms. The first-order chi connectivity index (χ1) is 11.7. The molecule has 0 amide bonds. The zero-order chi connectivity index (χ0) is 16.0. The lowest BCUT2D eigenvalue weighted by molar-refractivity contribution is 0.412. The van der Waals surface area contributed by atoms with Crippen LogP contribution in [0.3, 0.4) is 0 Å². The standard InChI is InChI=1S/C20H10O2S2/c21-19-17-11-5-9-1-3-23-15(9)7-13(11)18(20(19)22)12-6-10-2-4-24-16(10)8-14(12)17/h1-8,21-22H. The predicted octanol–water partition coefficient (Wildman–Crippen LogP) is 6.42. The predicted molar refractivity (Wildman–Crippen MR) is 104 cm³/mol. The van der Waals surface area contributed by atoms with Crippen LogP contribution in [0.15, 0.2) is 47.2 Å². The van der Waals surface area contributed by atoms with Crippen LogP contribution in [0.2, 0.25) is 0 Å². The fourth-order valence-electron chi connectivity index (χ4n) is 3.88. The summed E-state index contributed by atoms with van der Waals surface area (Å²) in [5.74, 6) is -0.00836. The second-order valence-electron chi connectivity index (χ2n) is 6.16. The van der Waals surface area contributed by atoms with E-state index in [0.717, 1.165) is 32.3 Å². The Kier molecular flexibility index (Phi) is 2.19. The van der Waals surface area contributed by atoms with Crippen molar-refractivity contribution in [1.29, 1.82) is 0 Å². The third-order valence-corrected chi connectivity index (χ3v) is 6.72. The normalized spacial score (nSPS) is 12.5. The van der Waals surface area contributed by atoms with Gasteiger partial charge in [0.1, 0.15) is 0 Å². The molecule has 0 fully saturated rings. The lowest BCUT2D eigenvalue weighted by Crippen LogP contribution is -1.88. The smallest absolute Gasteiger partial charge is 0.166 e. The van der Waals surface area contributed by atoms with Crippen LogP contribution in [0.25, 0.3) is 52.5 Å². The lowest BCUT2D eigenvalue weighted by Gasteiger charge is -2.17. The molecule has 2 N–H and O–H groups in total. The zero-order valence-corrected chi connectivity index (χ0v) is 14.0. The van der Waals surface area contributed by atoms with Crippen LogP contribution in [0, 0.1) is 0 Å². The Morgan fingerprint density at radius 1 is 0.583 bits per heavy atom. The van der Waals surface area contributed by atoms with Gasteiger partial charge in [0.05, 0.1) is 0 Å². The van der Waals surface area contributed by atoms with Crippen LogP contribution < -0.4 is 0 Å². The van der Waals surface area contributed by atoms with Crippen molar-refractivity contribution in [3.8, 4) is 11.5 Å². The van der Waals surface area contributed by atoms with Crippen molar-refractivity contribution in [2.45, 2.75) is 0 Å². The molecule has 114 valence electrons. The van der Waals surface area contributed by atoms with Crippen LogP contribution in [0.1, 0.15) is 0 Å². The van der Waals surface area contributed by atoms with E-state index in [1.54, 1.807) is 22.7 Å². The van der Waals surface area contributed by atoms with Gasteiger partial charge in [-0.15, -0.1) is 22.7 Å². The van der Waals surface area contributed by atoms with Crippen molar-refractivity contribution in [2.24, 2.45) is 0 Å². The molecule has 2 heterocycles. The van der Waals surface area contributed by atoms with Crippen LogP contribution in [-0.4, -0.2) is 10.2 Å². The second-order valence-corrected chi connectivity index (χ2v) is 8.06. The van der Waals surface area contributed by atoms with E-state index in [9.17, 15) is 10.2 Å². The minimum absolute atomic E-state index is 0.00418. The van der Waals surface area contributed by atoms with Gasteiger partial charge >= 0.3 is 0 Å². The molecule has 0 radical (unpaired) electrons. The minimum Gasteiger partial charge on any atom is -0.504 e. The number of phenols is 4. The maximum atomic E-state index is 10.6. The summed E-state index contributed by atoms with van der Waals surface area (Å²) < 4.78 is 2.39. The average molecular weight is 346 g/mol. The number of thiophene rings is 2. The Morgan fingerprint density at radius 3 is 1.46 bits per heavy atom. The molecule has 0 aliphatic rings. The fourth-order valence-corrected chi connectivity index (χ4v) is 5.50. The molecule has 2 bridgehead atoms. The summed E-state index contributed by atoms with van der Waals surface area (Å²) in [5.41, 5.74) is 0. The molecular weight excluding hydrogens is 336 g/mol. The number of hydrogen-bond donors (Lipinski definition) is 2. The third-order valence-electron chi connectivity index (χ3n) is 4.96. The monoisotopic (exact) mass is 346 g/mol. The van der Waals surface area contributed by atoms with E-state index in [1.807, 2.05) is 0 Å². The summed E-state index contributed by atoms with van der Waals surface area (Å²) >= 11 is 3.39. The summed E-state index contributed by atoms with van der Waals surface area (Å²) in [6, 6.07) is 12.7. The van der Waals surface area contributed by atoms with Gasteiger partial charge in [0.15, 0.2) is 11.5 Å². The average Bonchev–Trinajstić information content (AvgIpc) is 3.21. The molecule has 5 aromatic carbocycles. The highest BCUT2D eigenvalue weighted by Gasteiger charge is 2.22. The van der Waals surface area contributed by atoms with Gasteiger partial charge in [-0.3, -0.25) is 0 Å². The molecule has 2 nitrogen and oxygen atoms in total. The molecule has 0 spiro atoms. The molecule has 7 rings (SSSR count). The first kappa shape index (κ1) is 12.8. The first-order valence-corrected chi connectivity index (χ1v) is 9.39. The molecular formula is C20H10O2S2. The van der Waals surface area contributed by atoms with Crippen molar-refractivity contribution in [3.63, 3.8) is 0 Å². The number of rotatable bonds is 0. The van der Waals surface area contributed by atoms with Gasteiger partial charge in [-0.05, 0) is 79.5 Å². The Bertz CT molecular complexity index is 1220. The van der Waals surface area contributed by atoms with Crippen molar-refractivity contribution in [2.75, 3.05) is 0 Å². The molecule has 0 unspecified atom stereocenters. The van der Waals surface area contributed by atoms with Gasteiger partial charge in [-0.2, -0.15) is 0 Å². The highest BCUT2D eigenvalue weighted by Crippen LogP contribution is 2.52. The Balaban J connectivity index is 2.02. The molecule has 0 saturated heterocycles. The van der Waals surface area contributed by atoms with Gasteiger partial charge in [-0.25, -0.2) is 0 Å². The van der Waals surface area contributed by atoms with Crippen LogP contribution in [0.4, 0.5) is 0 Å². The Hall–Kier alpha value is -2.56. The van der Waals surface area contributed by atoms with Crippen molar-refractivity contribution < 1.29 is 10.2 Å². The number of hydrogen-bond acceptors (Lipinski definition) is 4. The minimum atomic E-state index is -0.00418. The Morgan fingerprint density at radius 2 is 1.00 bits per heavy atom. The maximum Gasteiger partial charge on any atom is 0.166 e. The zero-order valence-electron chi connectivity index (χ0n) is 12.3. The quantitative estimate of drug-likeness (QED) is 0.246. The van der Waals surface area contributed by atoms with E-state index < -0.39 is 0 Å². The van der Waals surface area contributed by atoms with E-state index in [-0.39, 0.29) is 11.5 Å². The number of aromatic hydroxyl groups is 2. The van der Waals surface area contributed by atoms with E-state index in [0.29, 0.717) is 0 Å². The fraction of sp³-hybridized carbons (Fsp3) is 0. The van der Waals surface area contributed by atoms with E-state index in [2.05, 4.69) is 47.2 Å². The van der Waals surface area contributed by atoms with Crippen molar-refractivity contribution >= 4 is 75.2 Å². The summed E-state index contributed by atoms with van der Waals surface area (Å²) in [6.07, 6.45) is 0. The molecule has 0 saturated carbocycles. The van der Waals surface area contributed by atoms with Crippen LogP contribution >= 0.6 is 22.7 Å². The van der Waals surface area contributed by atoms with Crippen molar-refractivity contribution in [1.82, 2.24) is 0 Å². The van der Waals surface area contributed by atoms with Crippen LogP contribution in [0.5, 0.6) is 11.5 Å². The molecule has 7 aromatic rings. The first-order valence-electron chi connectivity index (χ1n) is 7.63. The molecule has 0 aliphatic heterocycles. The van der Waals surface area contributed by atoms with E-state index in [1.165, 1.54) is 20.2 Å². The van der Waals surface area contributed by atoms with Crippen molar-refractivity contribution in [3.05, 3.63) is 47.2 Å². The van der Waals surface area contributed by atoms with Crippen LogP contribution in [-0.2, 0) is 0 Å².